The number of benzene rings is 5. The first-order chi connectivity index (χ1) is 20.8. The van der Waals surface area contributed by atoms with Crippen molar-refractivity contribution in [1.82, 2.24) is 14.5 Å². The zero-order valence-corrected chi connectivity index (χ0v) is 23.1. The summed E-state index contributed by atoms with van der Waals surface area (Å²) in [6.07, 6.45) is 7.88. The average molecular weight is 540 g/mol. The molecule has 0 aliphatic heterocycles. The average Bonchev–Trinajstić information content (AvgIpc) is 3.44. The van der Waals surface area contributed by atoms with E-state index in [1.165, 1.54) is 43.8 Å². The van der Waals surface area contributed by atoms with Crippen molar-refractivity contribution in [2.45, 2.75) is 0 Å². The number of para-hydroxylation sites is 2. The van der Waals surface area contributed by atoms with Crippen molar-refractivity contribution in [2.24, 2.45) is 7.05 Å². The number of pyridine rings is 2. The highest BCUT2D eigenvalue weighted by Crippen LogP contribution is 2.43. The van der Waals surface area contributed by atoms with E-state index in [1.54, 1.807) is 0 Å². The normalized spacial score (nSPS) is 11.5. The maximum atomic E-state index is 5.05. The van der Waals surface area contributed by atoms with E-state index >= 15 is 0 Å². The van der Waals surface area contributed by atoms with Crippen LogP contribution in [0.5, 0.6) is 0 Å². The van der Waals surface area contributed by atoms with E-state index in [4.69, 9.17) is 4.98 Å². The van der Waals surface area contributed by atoms with Gasteiger partial charge in [0.25, 0.3) is 0 Å². The summed E-state index contributed by atoms with van der Waals surface area (Å²) in [7, 11) is 2.05. The number of imidazole rings is 1. The van der Waals surface area contributed by atoms with Gasteiger partial charge in [0.2, 0.25) is 0 Å². The molecule has 8 rings (SSSR count). The van der Waals surface area contributed by atoms with E-state index in [-0.39, 0.29) is 0 Å². The maximum absolute atomic E-state index is 5.05. The fourth-order valence-electron chi connectivity index (χ4n) is 6.18. The molecular weight excluding hydrogens is 512 g/mol. The monoisotopic (exact) mass is 539 g/mol. The van der Waals surface area contributed by atoms with Crippen LogP contribution in [0.1, 0.15) is 0 Å². The van der Waals surface area contributed by atoms with Gasteiger partial charge in [-0.15, -0.1) is 0 Å². The first-order valence-corrected chi connectivity index (χ1v) is 14.1. The molecule has 0 aliphatic carbocycles. The van der Waals surface area contributed by atoms with E-state index in [0.29, 0.717) is 0 Å². The molecule has 0 N–H and O–H groups in total. The molecule has 0 saturated carbocycles. The second-order valence-electron chi connectivity index (χ2n) is 10.6. The minimum atomic E-state index is 0.913. The summed E-state index contributed by atoms with van der Waals surface area (Å²) >= 11 is 0. The first kappa shape index (κ1) is 24.2. The number of aromatic nitrogens is 4. The van der Waals surface area contributed by atoms with E-state index in [9.17, 15) is 0 Å². The van der Waals surface area contributed by atoms with Crippen LogP contribution in [-0.4, -0.2) is 14.5 Å². The van der Waals surface area contributed by atoms with Crippen LogP contribution in [0, 0.1) is 0 Å². The number of fused-ring (bicyclic) bond motifs is 3. The van der Waals surface area contributed by atoms with Gasteiger partial charge in [-0.1, -0.05) is 84.9 Å². The molecule has 4 heteroatoms. The zero-order chi connectivity index (χ0) is 28.0. The van der Waals surface area contributed by atoms with Crippen LogP contribution in [-0.2, 0) is 7.05 Å². The van der Waals surface area contributed by atoms with Crippen molar-refractivity contribution < 1.29 is 4.57 Å². The standard InChI is InChI=1S/C38H27N4/c1-41-24-20-27(21-25-41)37-32-10-4-2-8-30(32)36(31-9-3-5-11-33(31)37)26-14-16-28(17-15-26)38-40-34-12-6-7-13-35(34)42(38)29-18-22-39-23-19-29/h2-25H,1H3/q+1. The molecular formula is C38H27N4+. The zero-order valence-electron chi connectivity index (χ0n) is 23.1. The minimum absolute atomic E-state index is 0.913. The van der Waals surface area contributed by atoms with Gasteiger partial charge in [0.15, 0.2) is 12.4 Å². The largest absolute Gasteiger partial charge is 0.292 e. The third kappa shape index (κ3) is 3.88. The van der Waals surface area contributed by atoms with Crippen molar-refractivity contribution in [2.75, 3.05) is 0 Å². The van der Waals surface area contributed by atoms with Gasteiger partial charge in [-0.25, -0.2) is 9.55 Å². The van der Waals surface area contributed by atoms with Gasteiger partial charge < -0.3 is 0 Å². The van der Waals surface area contributed by atoms with Crippen molar-refractivity contribution >= 4 is 32.6 Å². The third-order valence-electron chi connectivity index (χ3n) is 8.11. The Bertz CT molecular complexity index is 2170. The lowest BCUT2D eigenvalue weighted by molar-refractivity contribution is -0.671. The SMILES string of the molecule is C[n+]1ccc(-c2c3ccccc3c(-c3ccc(-c4nc5ccccc5n4-c4ccncc4)cc3)c3ccccc23)cc1. The first-order valence-electron chi connectivity index (χ1n) is 14.1. The second kappa shape index (κ2) is 9.79. The number of hydrogen-bond acceptors (Lipinski definition) is 2. The second-order valence-corrected chi connectivity index (χ2v) is 10.6. The Morgan fingerprint density at radius 2 is 1.02 bits per heavy atom. The Morgan fingerprint density at radius 3 is 1.62 bits per heavy atom. The lowest BCUT2D eigenvalue weighted by Crippen LogP contribution is -2.25. The van der Waals surface area contributed by atoms with Crippen LogP contribution in [0.25, 0.3) is 71.9 Å². The number of rotatable bonds is 4. The minimum Gasteiger partial charge on any atom is -0.292 e. The Kier molecular flexibility index (Phi) is 5.64. The molecule has 0 amide bonds. The van der Waals surface area contributed by atoms with Gasteiger partial charge in [0, 0.05) is 30.1 Å². The number of nitrogens with zero attached hydrogens (tertiary/aromatic N) is 4. The van der Waals surface area contributed by atoms with Crippen LogP contribution in [0.2, 0.25) is 0 Å². The molecule has 0 spiro atoms. The van der Waals surface area contributed by atoms with Gasteiger partial charge >= 0.3 is 0 Å². The van der Waals surface area contributed by atoms with Crippen molar-refractivity contribution in [1.29, 1.82) is 0 Å². The summed E-state index contributed by atoms with van der Waals surface area (Å²) in [5.41, 5.74) is 9.07. The molecule has 4 nitrogen and oxygen atoms in total. The topological polar surface area (TPSA) is 34.6 Å². The lowest BCUT2D eigenvalue weighted by atomic mass is 9.86. The van der Waals surface area contributed by atoms with Gasteiger partial charge in [0.1, 0.15) is 12.9 Å². The summed E-state index contributed by atoms with van der Waals surface area (Å²) < 4.78 is 4.29. The molecule has 5 aromatic carbocycles. The summed E-state index contributed by atoms with van der Waals surface area (Å²) in [5.74, 6) is 0.913. The van der Waals surface area contributed by atoms with Crippen LogP contribution >= 0.6 is 0 Å². The third-order valence-corrected chi connectivity index (χ3v) is 8.11. The highest BCUT2D eigenvalue weighted by Gasteiger charge is 2.18. The molecule has 3 aromatic heterocycles. The molecule has 3 heterocycles. The van der Waals surface area contributed by atoms with E-state index < -0.39 is 0 Å². The summed E-state index contributed by atoms with van der Waals surface area (Å²) in [6, 6.07) is 43.2. The predicted octanol–water partition coefficient (Wildman–Crippen LogP) is 8.55. The Labute approximate surface area is 243 Å². The fourth-order valence-corrected chi connectivity index (χ4v) is 6.18. The number of aryl methyl sites for hydroxylation is 1. The van der Waals surface area contributed by atoms with E-state index in [1.807, 2.05) is 30.6 Å². The molecule has 0 aliphatic rings. The molecule has 0 radical (unpaired) electrons. The summed E-state index contributed by atoms with van der Waals surface area (Å²) in [5, 5.41) is 5.00. The van der Waals surface area contributed by atoms with Crippen molar-refractivity contribution in [3.05, 3.63) is 146 Å². The molecule has 0 unspecified atom stereocenters. The molecule has 42 heavy (non-hydrogen) atoms. The highest BCUT2D eigenvalue weighted by molar-refractivity contribution is 6.21. The highest BCUT2D eigenvalue weighted by atomic mass is 15.1. The van der Waals surface area contributed by atoms with Gasteiger partial charge in [0.05, 0.1) is 16.7 Å². The quantitative estimate of drug-likeness (QED) is 0.166. The molecule has 0 saturated heterocycles. The van der Waals surface area contributed by atoms with Crippen LogP contribution < -0.4 is 4.57 Å². The van der Waals surface area contributed by atoms with Crippen LogP contribution in [0.4, 0.5) is 0 Å². The van der Waals surface area contributed by atoms with Crippen molar-refractivity contribution in [3.8, 4) is 39.3 Å². The smallest absolute Gasteiger partial charge is 0.169 e. The molecule has 0 fully saturated rings. The Hall–Kier alpha value is -5.61. The van der Waals surface area contributed by atoms with E-state index in [2.05, 4.69) is 137 Å². The van der Waals surface area contributed by atoms with Gasteiger partial charge in [-0.05, 0) is 68.1 Å². The van der Waals surface area contributed by atoms with Gasteiger partial charge in [-0.2, -0.15) is 0 Å². The fraction of sp³-hybridized carbons (Fsp3) is 0.0263. The maximum Gasteiger partial charge on any atom is 0.169 e. The summed E-state index contributed by atoms with van der Waals surface area (Å²) in [6.45, 7) is 0. The molecule has 0 bridgehead atoms. The summed E-state index contributed by atoms with van der Waals surface area (Å²) in [4.78, 5) is 9.28. The molecule has 0 atom stereocenters. The molecule has 8 aromatic rings. The molecule has 198 valence electrons. The van der Waals surface area contributed by atoms with E-state index in [0.717, 1.165) is 28.1 Å². The Balaban J connectivity index is 1.34. The predicted molar refractivity (Wildman–Crippen MR) is 171 cm³/mol. The number of hydrogen-bond donors (Lipinski definition) is 0. The lowest BCUT2D eigenvalue weighted by Gasteiger charge is -2.17. The van der Waals surface area contributed by atoms with Gasteiger partial charge in [-0.3, -0.25) is 9.55 Å². The van der Waals surface area contributed by atoms with Crippen LogP contribution in [0.3, 0.4) is 0 Å². The van der Waals surface area contributed by atoms with Crippen LogP contribution in [0.15, 0.2) is 146 Å². The Morgan fingerprint density at radius 1 is 0.524 bits per heavy atom. The van der Waals surface area contributed by atoms with Crippen molar-refractivity contribution in [3.63, 3.8) is 0 Å².